The van der Waals surface area contributed by atoms with E-state index in [1.54, 1.807) is 4.90 Å². The second-order valence-electron chi connectivity index (χ2n) is 6.88. The zero-order valence-corrected chi connectivity index (χ0v) is 14.4. The number of amides is 2. The third-order valence-electron chi connectivity index (χ3n) is 5.37. The quantitative estimate of drug-likeness (QED) is 0.869. The minimum absolute atomic E-state index is 0.0519. The first kappa shape index (κ1) is 15.9. The van der Waals surface area contributed by atoms with E-state index in [2.05, 4.69) is 18.3 Å². The molecule has 4 nitrogen and oxygen atoms in total. The number of carbonyl (C=O) groups excluding carboxylic acids is 2. The molecule has 1 heterocycles. The molecule has 2 aromatic rings. The Bertz CT molecular complexity index is 839. The Morgan fingerprint density at radius 3 is 2.56 bits per heavy atom. The van der Waals surface area contributed by atoms with Gasteiger partial charge in [0.05, 0.1) is 0 Å². The predicted octanol–water partition coefficient (Wildman–Crippen LogP) is 3.56. The van der Waals surface area contributed by atoms with E-state index < -0.39 is 5.41 Å². The standard InChI is InChI=1S/C21H22N2O2/c1-2-15-7-3-5-9-17(15)22-19(24)21(12-13-21)20(25)23-14-11-16-8-4-6-10-18(16)23/h3-10H,2,11-14H2,1H3,(H,22,24). The predicted molar refractivity (Wildman–Crippen MR) is 98.6 cm³/mol. The Hall–Kier alpha value is -2.62. The molecule has 0 aromatic heterocycles. The van der Waals surface area contributed by atoms with E-state index in [0.29, 0.717) is 19.4 Å². The van der Waals surface area contributed by atoms with Crippen LogP contribution in [0.25, 0.3) is 0 Å². The molecule has 128 valence electrons. The fourth-order valence-corrected chi connectivity index (χ4v) is 3.66. The largest absolute Gasteiger partial charge is 0.325 e. The maximum atomic E-state index is 13.1. The topological polar surface area (TPSA) is 49.4 Å². The van der Waals surface area contributed by atoms with Gasteiger partial charge in [0, 0.05) is 17.9 Å². The molecule has 0 bridgehead atoms. The van der Waals surface area contributed by atoms with Crippen molar-refractivity contribution in [2.75, 3.05) is 16.8 Å². The highest BCUT2D eigenvalue weighted by Crippen LogP contribution is 2.49. The van der Waals surface area contributed by atoms with Crippen LogP contribution in [0.5, 0.6) is 0 Å². The van der Waals surface area contributed by atoms with Gasteiger partial charge in [0.2, 0.25) is 11.8 Å². The van der Waals surface area contributed by atoms with Crippen molar-refractivity contribution in [3.05, 3.63) is 59.7 Å². The molecule has 0 atom stereocenters. The molecular weight excluding hydrogens is 312 g/mol. The number of nitrogens with zero attached hydrogens (tertiary/aromatic N) is 1. The Morgan fingerprint density at radius 2 is 1.80 bits per heavy atom. The van der Waals surface area contributed by atoms with Crippen LogP contribution in [0.4, 0.5) is 11.4 Å². The number of benzene rings is 2. The van der Waals surface area contributed by atoms with Crippen LogP contribution in [0.1, 0.15) is 30.9 Å². The molecule has 2 aliphatic rings. The smallest absolute Gasteiger partial charge is 0.242 e. The third-order valence-corrected chi connectivity index (χ3v) is 5.37. The molecule has 1 aliphatic carbocycles. The van der Waals surface area contributed by atoms with Crippen molar-refractivity contribution in [3.8, 4) is 0 Å². The van der Waals surface area contributed by atoms with Crippen molar-refractivity contribution in [2.45, 2.75) is 32.6 Å². The first-order valence-corrected chi connectivity index (χ1v) is 8.95. The summed E-state index contributed by atoms with van der Waals surface area (Å²) >= 11 is 0. The molecule has 1 N–H and O–H groups in total. The zero-order chi connectivity index (χ0) is 17.4. The summed E-state index contributed by atoms with van der Waals surface area (Å²) in [6.45, 7) is 2.73. The van der Waals surface area contributed by atoms with Crippen molar-refractivity contribution in [3.63, 3.8) is 0 Å². The number of rotatable bonds is 4. The van der Waals surface area contributed by atoms with Crippen LogP contribution in [0, 0.1) is 5.41 Å². The van der Waals surface area contributed by atoms with E-state index in [1.807, 2.05) is 42.5 Å². The highest BCUT2D eigenvalue weighted by molar-refractivity contribution is 6.18. The number of fused-ring (bicyclic) bond motifs is 1. The summed E-state index contributed by atoms with van der Waals surface area (Å²) in [5.74, 6) is -0.216. The van der Waals surface area contributed by atoms with E-state index in [4.69, 9.17) is 0 Å². The lowest BCUT2D eigenvalue weighted by molar-refractivity contribution is -0.132. The first-order chi connectivity index (χ1) is 12.2. The molecular formula is C21H22N2O2. The van der Waals surface area contributed by atoms with Gasteiger partial charge in [0.25, 0.3) is 0 Å². The minimum atomic E-state index is -0.891. The van der Waals surface area contributed by atoms with E-state index in [0.717, 1.165) is 29.8 Å². The number of hydrogen-bond donors (Lipinski definition) is 1. The van der Waals surface area contributed by atoms with Gasteiger partial charge in [0.15, 0.2) is 0 Å². The Kier molecular flexibility index (Phi) is 3.83. The zero-order valence-electron chi connectivity index (χ0n) is 14.4. The maximum absolute atomic E-state index is 13.1. The van der Waals surface area contributed by atoms with Gasteiger partial charge in [-0.05, 0) is 48.9 Å². The van der Waals surface area contributed by atoms with Gasteiger partial charge in [-0.1, -0.05) is 43.3 Å². The molecule has 0 unspecified atom stereocenters. The normalized spacial score (nSPS) is 17.1. The fourth-order valence-electron chi connectivity index (χ4n) is 3.66. The highest BCUT2D eigenvalue weighted by Gasteiger charge is 2.58. The van der Waals surface area contributed by atoms with Gasteiger partial charge in [-0.25, -0.2) is 0 Å². The molecule has 25 heavy (non-hydrogen) atoms. The second-order valence-corrected chi connectivity index (χ2v) is 6.88. The molecule has 0 spiro atoms. The number of nitrogens with one attached hydrogen (secondary N) is 1. The summed E-state index contributed by atoms with van der Waals surface area (Å²) in [6, 6.07) is 15.8. The molecule has 0 radical (unpaired) electrons. The van der Waals surface area contributed by atoms with Gasteiger partial charge < -0.3 is 10.2 Å². The maximum Gasteiger partial charge on any atom is 0.242 e. The van der Waals surface area contributed by atoms with Crippen molar-refractivity contribution in [1.82, 2.24) is 0 Å². The first-order valence-electron chi connectivity index (χ1n) is 8.95. The SMILES string of the molecule is CCc1ccccc1NC(=O)C1(C(=O)N2CCc3ccccc32)CC1. The van der Waals surface area contributed by atoms with E-state index >= 15 is 0 Å². The molecule has 0 saturated heterocycles. The molecule has 1 aliphatic heterocycles. The Morgan fingerprint density at radius 1 is 1.08 bits per heavy atom. The van der Waals surface area contributed by atoms with E-state index in [-0.39, 0.29) is 11.8 Å². The van der Waals surface area contributed by atoms with Crippen LogP contribution >= 0.6 is 0 Å². The van der Waals surface area contributed by atoms with Gasteiger partial charge in [0.1, 0.15) is 5.41 Å². The Balaban J connectivity index is 1.56. The number of hydrogen-bond acceptors (Lipinski definition) is 2. The molecule has 4 rings (SSSR count). The summed E-state index contributed by atoms with van der Waals surface area (Å²) in [4.78, 5) is 27.9. The number of para-hydroxylation sites is 2. The summed E-state index contributed by atoms with van der Waals surface area (Å²) in [5.41, 5.74) is 3.16. The number of carbonyl (C=O) groups is 2. The lowest BCUT2D eigenvalue weighted by atomic mass is 10.0. The van der Waals surface area contributed by atoms with Crippen LogP contribution in [-0.2, 0) is 22.4 Å². The molecule has 1 fully saturated rings. The molecule has 1 saturated carbocycles. The number of anilines is 2. The lowest BCUT2D eigenvalue weighted by Crippen LogP contribution is -2.42. The highest BCUT2D eigenvalue weighted by atomic mass is 16.2. The van der Waals surface area contributed by atoms with Crippen LogP contribution < -0.4 is 10.2 Å². The fraction of sp³-hybridized carbons (Fsp3) is 0.333. The van der Waals surface area contributed by atoms with Crippen LogP contribution in [0.3, 0.4) is 0 Å². The monoisotopic (exact) mass is 334 g/mol. The van der Waals surface area contributed by atoms with Crippen molar-refractivity contribution >= 4 is 23.2 Å². The summed E-state index contributed by atoms with van der Waals surface area (Å²) in [6.07, 6.45) is 2.96. The van der Waals surface area contributed by atoms with Crippen LogP contribution in [0.15, 0.2) is 48.5 Å². The minimum Gasteiger partial charge on any atom is -0.325 e. The van der Waals surface area contributed by atoms with E-state index in [9.17, 15) is 9.59 Å². The summed E-state index contributed by atoms with van der Waals surface area (Å²) in [7, 11) is 0. The molecule has 2 amide bonds. The van der Waals surface area contributed by atoms with Crippen molar-refractivity contribution < 1.29 is 9.59 Å². The summed E-state index contributed by atoms with van der Waals surface area (Å²) in [5, 5.41) is 3.01. The third kappa shape index (κ3) is 2.62. The average Bonchev–Trinajstić information content (AvgIpc) is 3.35. The van der Waals surface area contributed by atoms with Gasteiger partial charge >= 0.3 is 0 Å². The van der Waals surface area contributed by atoms with Crippen LogP contribution in [-0.4, -0.2) is 18.4 Å². The van der Waals surface area contributed by atoms with Gasteiger partial charge in [-0.15, -0.1) is 0 Å². The van der Waals surface area contributed by atoms with Gasteiger partial charge in [-0.2, -0.15) is 0 Å². The van der Waals surface area contributed by atoms with Crippen LogP contribution in [0.2, 0.25) is 0 Å². The molecule has 2 aromatic carbocycles. The molecule has 4 heteroatoms. The average molecular weight is 334 g/mol. The Labute approximate surface area is 147 Å². The number of aryl methyl sites for hydroxylation is 1. The van der Waals surface area contributed by atoms with E-state index in [1.165, 1.54) is 5.56 Å². The van der Waals surface area contributed by atoms with Crippen molar-refractivity contribution in [1.29, 1.82) is 0 Å². The van der Waals surface area contributed by atoms with Crippen molar-refractivity contribution in [2.24, 2.45) is 5.41 Å². The lowest BCUT2D eigenvalue weighted by Gasteiger charge is -2.23. The van der Waals surface area contributed by atoms with Gasteiger partial charge in [-0.3, -0.25) is 9.59 Å². The summed E-state index contributed by atoms with van der Waals surface area (Å²) < 4.78 is 0. The second kappa shape index (κ2) is 6.03.